The summed E-state index contributed by atoms with van der Waals surface area (Å²) in [5.41, 5.74) is 1.56. The summed E-state index contributed by atoms with van der Waals surface area (Å²) in [4.78, 5) is 23.4. The van der Waals surface area contributed by atoms with Gasteiger partial charge in [-0.1, -0.05) is 47.5 Å². The van der Waals surface area contributed by atoms with Crippen molar-refractivity contribution in [1.82, 2.24) is 0 Å². The number of carbonyl (C=O) groups is 2. The van der Waals surface area contributed by atoms with Gasteiger partial charge in [-0.2, -0.15) is 5.26 Å². The SMILES string of the molecule is COc1cc(/C=C(\C#N)C(=O)Nc2ccc(Cl)cc2)cc(Cl)c1OCc1ccc(C(=O)[O-])cc1. The van der Waals surface area contributed by atoms with Crippen LogP contribution in [0.15, 0.2) is 66.2 Å². The lowest BCUT2D eigenvalue weighted by atomic mass is 10.1. The van der Waals surface area contributed by atoms with Crippen LogP contribution in [0.5, 0.6) is 11.5 Å². The van der Waals surface area contributed by atoms with Gasteiger partial charge in [-0.05, 0) is 59.2 Å². The van der Waals surface area contributed by atoms with Crippen molar-refractivity contribution in [2.45, 2.75) is 6.61 Å². The molecule has 1 amide bonds. The molecular weight excluding hydrogens is 479 g/mol. The van der Waals surface area contributed by atoms with Gasteiger partial charge in [0.15, 0.2) is 11.5 Å². The fraction of sp³-hybridized carbons (Fsp3) is 0.0800. The van der Waals surface area contributed by atoms with E-state index in [2.05, 4.69) is 5.32 Å². The summed E-state index contributed by atoms with van der Waals surface area (Å²) in [6.07, 6.45) is 1.38. The molecule has 0 spiro atoms. The van der Waals surface area contributed by atoms with Crippen molar-refractivity contribution in [2.75, 3.05) is 12.4 Å². The summed E-state index contributed by atoms with van der Waals surface area (Å²) in [7, 11) is 1.43. The highest BCUT2D eigenvalue weighted by atomic mass is 35.5. The molecule has 0 aliphatic heterocycles. The van der Waals surface area contributed by atoms with Crippen molar-refractivity contribution in [3.8, 4) is 17.6 Å². The molecule has 34 heavy (non-hydrogen) atoms. The fourth-order valence-electron chi connectivity index (χ4n) is 2.90. The predicted molar refractivity (Wildman–Crippen MR) is 127 cm³/mol. The molecule has 0 saturated heterocycles. The van der Waals surface area contributed by atoms with E-state index in [9.17, 15) is 20.0 Å². The number of nitriles is 1. The fourth-order valence-corrected chi connectivity index (χ4v) is 3.30. The maximum absolute atomic E-state index is 12.5. The number of halogens is 2. The largest absolute Gasteiger partial charge is 0.545 e. The third-order valence-electron chi connectivity index (χ3n) is 4.60. The Kier molecular flexibility index (Phi) is 8.14. The average molecular weight is 496 g/mol. The van der Waals surface area contributed by atoms with E-state index in [-0.39, 0.29) is 28.5 Å². The first-order chi connectivity index (χ1) is 16.3. The number of ether oxygens (including phenoxy) is 2. The number of nitrogens with one attached hydrogen (secondary N) is 1. The molecule has 0 unspecified atom stereocenters. The highest BCUT2D eigenvalue weighted by molar-refractivity contribution is 6.32. The molecule has 3 aromatic rings. The van der Waals surface area contributed by atoms with Crippen molar-refractivity contribution in [2.24, 2.45) is 0 Å². The van der Waals surface area contributed by atoms with E-state index in [0.29, 0.717) is 27.6 Å². The van der Waals surface area contributed by atoms with Gasteiger partial charge in [0.25, 0.3) is 5.91 Å². The summed E-state index contributed by atoms with van der Waals surface area (Å²) in [5, 5.41) is 23.7. The molecule has 0 heterocycles. The number of amides is 1. The van der Waals surface area contributed by atoms with E-state index >= 15 is 0 Å². The molecule has 7 nitrogen and oxygen atoms in total. The molecule has 0 aliphatic carbocycles. The Morgan fingerprint density at radius 2 is 1.76 bits per heavy atom. The molecular formula is C25H17Cl2N2O5-. The molecule has 0 radical (unpaired) electrons. The van der Waals surface area contributed by atoms with Crippen LogP contribution in [-0.2, 0) is 11.4 Å². The van der Waals surface area contributed by atoms with Gasteiger partial charge in [-0.15, -0.1) is 0 Å². The van der Waals surface area contributed by atoms with Crippen molar-refractivity contribution < 1.29 is 24.2 Å². The Bertz CT molecular complexity index is 1280. The molecule has 0 aromatic heterocycles. The van der Waals surface area contributed by atoms with E-state index in [4.69, 9.17) is 32.7 Å². The normalized spacial score (nSPS) is 10.8. The summed E-state index contributed by atoms with van der Waals surface area (Å²) < 4.78 is 11.1. The quantitative estimate of drug-likeness (QED) is 0.364. The first kappa shape index (κ1) is 24.6. The zero-order chi connectivity index (χ0) is 24.7. The third kappa shape index (κ3) is 6.29. The molecule has 0 bridgehead atoms. The highest BCUT2D eigenvalue weighted by Gasteiger charge is 2.15. The lowest BCUT2D eigenvalue weighted by Crippen LogP contribution is -2.22. The molecule has 172 valence electrons. The van der Waals surface area contributed by atoms with Crippen LogP contribution < -0.4 is 19.9 Å². The van der Waals surface area contributed by atoms with E-state index < -0.39 is 11.9 Å². The van der Waals surface area contributed by atoms with E-state index in [1.165, 1.54) is 31.4 Å². The Hall–Kier alpha value is -3.99. The molecule has 0 atom stereocenters. The molecule has 1 N–H and O–H groups in total. The van der Waals surface area contributed by atoms with Gasteiger partial charge in [-0.25, -0.2) is 0 Å². The number of carboxylic acid groups (broad SMARTS) is 1. The zero-order valence-corrected chi connectivity index (χ0v) is 19.3. The number of rotatable bonds is 8. The number of anilines is 1. The first-order valence-electron chi connectivity index (χ1n) is 9.80. The van der Waals surface area contributed by atoms with Crippen molar-refractivity contribution in [3.05, 3.63) is 93.0 Å². The monoisotopic (exact) mass is 495 g/mol. The first-order valence-corrected chi connectivity index (χ1v) is 10.6. The van der Waals surface area contributed by atoms with Crippen molar-refractivity contribution in [1.29, 1.82) is 5.26 Å². The van der Waals surface area contributed by atoms with Crippen LogP contribution in [0.25, 0.3) is 6.08 Å². The summed E-state index contributed by atoms with van der Waals surface area (Å²) in [6, 6.07) is 17.5. The number of carbonyl (C=O) groups excluding carboxylic acids is 2. The Labute approximate surface area is 205 Å². The Morgan fingerprint density at radius 3 is 2.35 bits per heavy atom. The van der Waals surface area contributed by atoms with Gasteiger partial charge >= 0.3 is 0 Å². The summed E-state index contributed by atoms with van der Waals surface area (Å²) in [5.74, 6) is -1.31. The molecule has 0 fully saturated rings. The van der Waals surface area contributed by atoms with Crippen LogP contribution in [0.2, 0.25) is 10.0 Å². The predicted octanol–water partition coefficient (Wildman–Crippen LogP) is 4.49. The standard InChI is InChI=1S/C25H18Cl2N2O5/c1-33-22-12-16(10-18(13-28)24(30)29-20-8-6-19(26)7-9-20)11-21(27)23(22)34-14-15-2-4-17(5-3-15)25(31)32/h2-12H,14H2,1H3,(H,29,30)(H,31,32)/p-1/b18-10+. The van der Waals surface area contributed by atoms with Gasteiger partial charge < -0.3 is 24.7 Å². The Morgan fingerprint density at radius 1 is 1.09 bits per heavy atom. The lowest BCUT2D eigenvalue weighted by molar-refractivity contribution is -0.255. The second kappa shape index (κ2) is 11.2. The maximum atomic E-state index is 12.5. The van der Waals surface area contributed by atoms with Gasteiger partial charge in [0.2, 0.25) is 0 Å². The van der Waals surface area contributed by atoms with E-state index in [1.807, 2.05) is 6.07 Å². The second-order valence-corrected chi connectivity index (χ2v) is 7.78. The van der Waals surface area contributed by atoms with Crippen molar-refractivity contribution in [3.63, 3.8) is 0 Å². The number of aromatic carboxylic acids is 1. The maximum Gasteiger partial charge on any atom is 0.266 e. The number of methoxy groups -OCH3 is 1. The van der Waals surface area contributed by atoms with Crippen LogP contribution in [0.4, 0.5) is 5.69 Å². The van der Waals surface area contributed by atoms with Gasteiger partial charge in [0, 0.05) is 10.7 Å². The number of nitrogens with zero attached hydrogens (tertiary/aromatic N) is 1. The molecule has 9 heteroatoms. The summed E-state index contributed by atoms with van der Waals surface area (Å²) >= 11 is 12.2. The topological polar surface area (TPSA) is 111 Å². The average Bonchev–Trinajstić information content (AvgIpc) is 2.83. The molecule has 3 rings (SSSR count). The minimum Gasteiger partial charge on any atom is -0.545 e. The number of carboxylic acids is 1. The molecule has 3 aromatic carbocycles. The zero-order valence-electron chi connectivity index (χ0n) is 17.8. The number of hydrogen-bond acceptors (Lipinski definition) is 6. The van der Waals surface area contributed by atoms with Crippen LogP contribution >= 0.6 is 23.2 Å². The third-order valence-corrected chi connectivity index (χ3v) is 5.14. The minimum absolute atomic E-state index is 0.0592. The smallest absolute Gasteiger partial charge is 0.266 e. The van der Waals surface area contributed by atoms with Crippen molar-refractivity contribution >= 4 is 46.8 Å². The second-order valence-electron chi connectivity index (χ2n) is 6.94. The molecule has 0 aliphatic rings. The molecule has 0 saturated carbocycles. The van der Waals surface area contributed by atoms with Crippen LogP contribution in [0, 0.1) is 11.3 Å². The number of hydrogen-bond donors (Lipinski definition) is 1. The van der Waals surface area contributed by atoms with Gasteiger partial charge in [0.1, 0.15) is 18.2 Å². The van der Waals surface area contributed by atoms with Gasteiger partial charge in [-0.3, -0.25) is 4.79 Å². The highest BCUT2D eigenvalue weighted by Crippen LogP contribution is 2.37. The summed E-state index contributed by atoms with van der Waals surface area (Å²) in [6.45, 7) is 0.103. The van der Waals surface area contributed by atoms with Crippen LogP contribution in [0.3, 0.4) is 0 Å². The number of benzene rings is 3. The van der Waals surface area contributed by atoms with E-state index in [1.54, 1.807) is 42.5 Å². The minimum atomic E-state index is -1.26. The lowest BCUT2D eigenvalue weighted by Gasteiger charge is -2.14. The van der Waals surface area contributed by atoms with Gasteiger partial charge in [0.05, 0.1) is 18.1 Å². The Balaban J connectivity index is 1.78. The van der Waals surface area contributed by atoms with Crippen LogP contribution in [-0.4, -0.2) is 19.0 Å². The van der Waals surface area contributed by atoms with E-state index in [0.717, 1.165) is 0 Å². The van der Waals surface area contributed by atoms with Crippen LogP contribution in [0.1, 0.15) is 21.5 Å².